The van der Waals surface area contributed by atoms with E-state index in [0.29, 0.717) is 0 Å². The molecule has 1 aliphatic rings. The predicted molar refractivity (Wildman–Crippen MR) is 81.7 cm³/mol. The molecule has 2 heterocycles. The van der Waals surface area contributed by atoms with E-state index in [1.54, 1.807) is 0 Å². The van der Waals surface area contributed by atoms with E-state index in [-0.39, 0.29) is 0 Å². The second kappa shape index (κ2) is 6.00. The van der Waals surface area contributed by atoms with Crippen molar-refractivity contribution in [1.82, 2.24) is 10.1 Å². The van der Waals surface area contributed by atoms with E-state index in [2.05, 4.69) is 10.1 Å². The first-order chi connectivity index (χ1) is 10.1. The molecule has 0 bridgehead atoms. The van der Waals surface area contributed by atoms with Gasteiger partial charge in [-0.15, -0.1) is 0 Å². The average Bonchev–Trinajstić information content (AvgIpc) is 2.87. The molecule has 1 fully saturated rings. The number of hydrogen-bond donors (Lipinski definition) is 1. The zero-order chi connectivity index (χ0) is 14.7. The van der Waals surface area contributed by atoms with Crippen molar-refractivity contribution in [3.63, 3.8) is 0 Å². The van der Waals surface area contributed by atoms with Gasteiger partial charge in [0.25, 0.3) is 0 Å². The summed E-state index contributed by atoms with van der Waals surface area (Å²) < 4.78 is 5.46. The Kier molecular flexibility index (Phi) is 4.08. The van der Waals surface area contributed by atoms with Crippen LogP contribution in [0.25, 0.3) is 11.3 Å². The number of hydrogen-bond acceptors (Lipinski definition) is 4. The highest BCUT2D eigenvalue weighted by atomic mass is 16.5. The summed E-state index contributed by atoms with van der Waals surface area (Å²) in [6.07, 6.45) is 2.70. The molecule has 21 heavy (non-hydrogen) atoms. The van der Waals surface area contributed by atoms with Crippen molar-refractivity contribution in [2.75, 3.05) is 13.1 Å². The number of nitrogens with zero attached hydrogens (tertiary/aromatic N) is 2. The second-order valence-corrected chi connectivity index (χ2v) is 6.17. The fourth-order valence-electron chi connectivity index (χ4n) is 2.83. The van der Waals surface area contributed by atoms with E-state index >= 15 is 0 Å². The molecule has 1 saturated heterocycles. The molecule has 4 nitrogen and oxygen atoms in total. The Bertz CT molecular complexity index is 577. The first-order valence-corrected chi connectivity index (χ1v) is 7.58. The van der Waals surface area contributed by atoms with Gasteiger partial charge in [-0.25, -0.2) is 0 Å². The molecule has 4 heteroatoms. The number of rotatable bonds is 3. The third-order valence-electron chi connectivity index (χ3n) is 4.16. The van der Waals surface area contributed by atoms with Crippen LogP contribution in [0.1, 0.15) is 31.9 Å². The van der Waals surface area contributed by atoms with E-state index in [9.17, 15) is 5.11 Å². The molecule has 0 radical (unpaired) electrons. The van der Waals surface area contributed by atoms with Crippen LogP contribution in [0.2, 0.25) is 0 Å². The normalized spacial score (nSPS) is 23.9. The zero-order valence-electron chi connectivity index (χ0n) is 12.5. The molecule has 1 aromatic heterocycles. The molecule has 0 spiro atoms. The molecule has 3 rings (SSSR count). The summed E-state index contributed by atoms with van der Waals surface area (Å²) in [6.45, 7) is 4.58. The molecule has 1 atom stereocenters. The molecular weight excluding hydrogens is 264 g/mol. The predicted octanol–water partition coefficient (Wildman–Crippen LogP) is 3.08. The zero-order valence-corrected chi connectivity index (χ0v) is 12.5. The summed E-state index contributed by atoms with van der Waals surface area (Å²) in [5, 5.41) is 14.3. The third-order valence-corrected chi connectivity index (χ3v) is 4.16. The smallest absolute Gasteiger partial charge is 0.151 e. The summed E-state index contributed by atoms with van der Waals surface area (Å²) in [4.78, 5) is 2.33. The highest BCUT2D eigenvalue weighted by Gasteiger charge is 2.25. The lowest BCUT2D eigenvalue weighted by atomic mass is 9.98. The third kappa shape index (κ3) is 3.71. The lowest BCUT2D eigenvalue weighted by molar-refractivity contribution is 0.0441. The lowest BCUT2D eigenvalue weighted by Gasteiger charge is -2.21. The molecule has 0 aliphatic carbocycles. The van der Waals surface area contributed by atoms with Gasteiger partial charge in [-0.3, -0.25) is 4.90 Å². The van der Waals surface area contributed by atoms with Gasteiger partial charge in [-0.1, -0.05) is 35.5 Å². The van der Waals surface area contributed by atoms with Crippen LogP contribution in [0.5, 0.6) is 0 Å². The van der Waals surface area contributed by atoms with Crippen LogP contribution in [0, 0.1) is 0 Å². The van der Waals surface area contributed by atoms with Gasteiger partial charge in [-0.2, -0.15) is 0 Å². The van der Waals surface area contributed by atoms with Gasteiger partial charge in [0.05, 0.1) is 12.1 Å². The number of aromatic nitrogens is 1. The van der Waals surface area contributed by atoms with E-state index in [1.165, 1.54) is 0 Å². The van der Waals surface area contributed by atoms with Gasteiger partial charge in [-0.05, 0) is 32.7 Å². The summed E-state index contributed by atoms with van der Waals surface area (Å²) in [7, 11) is 0. The number of aliphatic hydroxyl groups is 1. The van der Waals surface area contributed by atoms with Crippen molar-refractivity contribution >= 4 is 0 Å². The number of likely N-dealkylation sites (tertiary alicyclic amines) is 1. The first-order valence-electron chi connectivity index (χ1n) is 7.58. The summed E-state index contributed by atoms with van der Waals surface area (Å²) in [6, 6.07) is 12.1. The van der Waals surface area contributed by atoms with Crippen LogP contribution < -0.4 is 0 Å². The highest BCUT2D eigenvalue weighted by molar-refractivity contribution is 5.58. The minimum atomic E-state index is -0.522. The van der Waals surface area contributed by atoms with Crippen molar-refractivity contribution in [2.24, 2.45) is 0 Å². The maximum atomic E-state index is 10.1. The Balaban J connectivity index is 1.65. The standard InChI is InChI=1S/C17H22N2O2/c1-17(20)8-5-10-19(11-9-17)13-15-12-16(18-21-15)14-6-3-2-4-7-14/h2-4,6-7,12,20H,5,8-11,13H2,1H3. The Morgan fingerprint density at radius 1 is 1.24 bits per heavy atom. The fourth-order valence-corrected chi connectivity index (χ4v) is 2.83. The number of benzene rings is 1. The van der Waals surface area contributed by atoms with Gasteiger partial charge in [0.15, 0.2) is 5.76 Å². The molecule has 1 unspecified atom stereocenters. The van der Waals surface area contributed by atoms with Gasteiger partial charge in [0, 0.05) is 18.2 Å². The molecule has 112 valence electrons. The largest absolute Gasteiger partial charge is 0.390 e. The first kappa shape index (κ1) is 14.3. The molecule has 0 saturated carbocycles. The summed E-state index contributed by atoms with van der Waals surface area (Å²) >= 11 is 0. The van der Waals surface area contributed by atoms with E-state index in [0.717, 1.165) is 55.9 Å². The van der Waals surface area contributed by atoms with Gasteiger partial charge >= 0.3 is 0 Å². The van der Waals surface area contributed by atoms with Gasteiger partial charge in [0.2, 0.25) is 0 Å². The maximum Gasteiger partial charge on any atom is 0.151 e. The van der Waals surface area contributed by atoms with Crippen LogP contribution >= 0.6 is 0 Å². The van der Waals surface area contributed by atoms with Crippen molar-refractivity contribution in [1.29, 1.82) is 0 Å². The summed E-state index contributed by atoms with van der Waals surface area (Å²) in [5.74, 6) is 0.885. The van der Waals surface area contributed by atoms with Gasteiger partial charge < -0.3 is 9.63 Å². The quantitative estimate of drug-likeness (QED) is 0.942. The molecule has 2 aromatic rings. The van der Waals surface area contributed by atoms with E-state index in [1.807, 2.05) is 43.3 Å². The van der Waals surface area contributed by atoms with Crippen LogP contribution in [-0.2, 0) is 6.54 Å². The van der Waals surface area contributed by atoms with Crippen LogP contribution in [0.15, 0.2) is 40.9 Å². The highest BCUT2D eigenvalue weighted by Crippen LogP contribution is 2.24. The van der Waals surface area contributed by atoms with Crippen LogP contribution in [-0.4, -0.2) is 33.9 Å². The second-order valence-electron chi connectivity index (χ2n) is 6.17. The van der Waals surface area contributed by atoms with E-state index in [4.69, 9.17) is 4.52 Å². The molecule has 1 aromatic carbocycles. The Morgan fingerprint density at radius 3 is 2.86 bits per heavy atom. The topological polar surface area (TPSA) is 49.5 Å². The Labute approximate surface area is 125 Å². The molecular formula is C17H22N2O2. The lowest BCUT2D eigenvalue weighted by Crippen LogP contribution is -2.28. The SMILES string of the molecule is CC1(O)CCCN(Cc2cc(-c3ccccc3)no2)CC1. The Morgan fingerprint density at radius 2 is 2.05 bits per heavy atom. The van der Waals surface area contributed by atoms with Crippen LogP contribution in [0.3, 0.4) is 0 Å². The van der Waals surface area contributed by atoms with Crippen molar-refractivity contribution < 1.29 is 9.63 Å². The van der Waals surface area contributed by atoms with E-state index < -0.39 is 5.60 Å². The minimum absolute atomic E-state index is 0.522. The van der Waals surface area contributed by atoms with Crippen LogP contribution in [0.4, 0.5) is 0 Å². The Hall–Kier alpha value is -1.65. The van der Waals surface area contributed by atoms with Crippen molar-refractivity contribution in [2.45, 2.75) is 38.3 Å². The monoisotopic (exact) mass is 286 g/mol. The van der Waals surface area contributed by atoms with Gasteiger partial charge in [0.1, 0.15) is 5.69 Å². The minimum Gasteiger partial charge on any atom is -0.390 e. The molecule has 1 N–H and O–H groups in total. The molecule has 0 amide bonds. The maximum absolute atomic E-state index is 10.1. The fraction of sp³-hybridized carbons (Fsp3) is 0.471. The van der Waals surface area contributed by atoms with Crippen molar-refractivity contribution in [3.05, 3.63) is 42.2 Å². The molecule has 1 aliphatic heterocycles. The summed E-state index contributed by atoms with van der Waals surface area (Å²) in [5.41, 5.74) is 1.43. The van der Waals surface area contributed by atoms with Crippen molar-refractivity contribution in [3.8, 4) is 11.3 Å². The average molecular weight is 286 g/mol.